The zero-order valence-electron chi connectivity index (χ0n) is 11.8. The second-order valence-corrected chi connectivity index (χ2v) is 4.87. The molecule has 3 heterocycles. The topological polar surface area (TPSA) is 53.5 Å². The smallest absolute Gasteiger partial charge is 0.213 e. The summed E-state index contributed by atoms with van der Waals surface area (Å²) in [6, 6.07) is 3.49. The average molecular weight is 292 g/mol. The Balaban J connectivity index is 1.86. The maximum Gasteiger partial charge on any atom is 0.213 e. The fourth-order valence-corrected chi connectivity index (χ4v) is 2.39. The lowest BCUT2D eigenvalue weighted by Crippen LogP contribution is -2.25. The van der Waals surface area contributed by atoms with Crippen LogP contribution >= 0.6 is 0 Å². The Morgan fingerprint density at radius 3 is 2.90 bits per heavy atom. The van der Waals surface area contributed by atoms with Crippen LogP contribution in [0.5, 0.6) is 5.88 Å². The van der Waals surface area contributed by atoms with Gasteiger partial charge in [0.05, 0.1) is 37.6 Å². The second-order valence-electron chi connectivity index (χ2n) is 4.87. The molecule has 0 amide bonds. The van der Waals surface area contributed by atoms with Crippen molar-refractivity contribution in [2.24, 2.45) is 0 Å². The molecule has 1 saturated heterocycles. The first kappa shape index (κ1) is 14.2. The normalized spacial score (nSPS) is 16.3. The molecule has 112 valence electrons. The minimum atomic E-state index is -0.362. The number of aromatic nitrogens is 2. The third kappa shape index (κ3) is 3.11. The average Bonchev–Trinajstić information content (AvgIpc) is 2.54. The van der Waals surface area contributed by atoms with E-state index in [0.29, 0.717) is 48.5 Å². The van der Waals surface area contributed by atoms with E-state index in [2.05, 4.69) is 9.97 Å². The molecule has 21 heavy (non-hydrogen) atoms. The molecule has 1 aliphatic heterocycles. The van der Waals surface area contributed by atoms with Crippen LogP contribution in [-0.2, 0) is 15.9 Å². The van der Waals surface area contributed by atoms with Gasteiger partial charge in [-0.25, -0.2) is 9.37 Å². The van der Waals surface area contributed by atoms with Gasteiger partial charge < -0.3 is 14.2 Å². The van der Waals surface area contributed by atoms with Crippen LogP contribution in [0, 0.1) is 5.82 Å². The number of aryl methyl sites for hydroxylation is 1. The molecule has 0 bridgehead atoms. The van der Waals surface area contributed by atoms with E-state index in [1.54, 1.807) is 12.1 Å². The van der Waals surface area contributed by atoms with Crippen molar-refractivity contribution in [2.75, 3.05) is 20.3 Å². The molecule has 2 aromatic heterocycles. The van der Waals surface area contributed by atoms with Gasteiger partial charge in [0.1, 0.15) is 5.82 Å². The molecule has 1 fully saturated rings. The lowest BCUT2D eigenvalue weighted by molar-refractivity contribution is -0.180. The van der Waals surface area contributed by atoms with E-state index in [1.165, 1.54) is 13.3 Å². The predicted octanol–water partition coefficient (Wildman–Crippen LogP) is 2.47. The number of hydrogen-bond donors (Lipinski definition) is 0. The first-order chi connectivity index (χ1) is 10.3. The van der Waals surface area contributed by atoms with Gasteiger partial charge >= 0.3 is 0 Å². The van der Waals surface area contributed by atoms with Gasteiger partial charge in [0.25, 0.3) is 0 Å². The molecule has 0 spiro atoms. The van der Waals surface area contributed by atoms with Gasteiger partial charge in [-0.15, -0.1) is 0 Å². The number of fused-ring (bicyclic) bond motifs is 1. The number of methoxy groups -OCH3 is 1. The second kappa shape index (κ2) is 6.32. The van der Waals surface area contributed by atoms with Crippen LogP contribution < -0.4 is 4.74 Å². The summed E-state index contributed by atoms with van der Waals surface area (Å²) in [5, 5.41) is 0. The van der Waals surface area contributed by atoms with Crippen molar-refractivity contribution in [2.45, 2.75) is 25.6 Å². The molecule has 0 saturated carbocycles. The van der Waals surface area contributed by atoms with Crippen molar-refractivity contribution >= 4 is 11.0 Å². The molecule has 6 heteroatoms. The number of hydrogen-bond acceptors (Lipinski definition) is 5. The zero-order valence-corrected chi connectivity index (χ0v) is 11.8. The molecule has 0 atom stereocenters. The lowest BCUT2D eigenvalue weighted by atomic mass is 10.1. The Morgan fingerprint density at radius 1 is 1.33 bits per heavy atom. The highest BCUT2D eigenvalue weighted by atomic mass is 19.1. The van der Waals surface area contributed by atoms with E-state index in [-0.39, 0.29) is 12.1 Å². The number of halogens is 1. The third-order valence-electron chi connectivity index (χ3n) is 3.47. The van der Waals surface area contributed by atoms with Gasteiger partial charge in [0.15, 0.2) is 6.29 Å². The molecular formula is C15H17FN2O3. The van der Waals surface area contributed by atoms with Crippen molar-refractivity contribution in [3.8, 4) is 5.88 Å². The van der Waals surface area contributed by atoms with Crippen molar-refractivity contribution < 1.29 is 18.6 Å². The Bertz CT molecular complexity index is 630. The Labute approximate surface area is 122 Å². The highest BCUT2D eigenvalue weighted by Gasteiger charge is 2.17. The summed E-state index contributed by atoms with van der Waals surface area (Å²) in [6.45, 7) is 1.38. The van der Waals surface area contributed by atoms with Crippen molar-refractivity contribution in [1.29, 1.82) is 0 Å². The van der Waals surface area contributed by atoms with Crippen LogP contribution in [0.25, 0.3) is 11.0 Å². The van der Waals surface area contributed by atoms with Gasteiger partial charge in [-0.05, 0) is 18.9 Å². The standard InChI is InChI=1S/C15H17FN2O3/c1-19-13-5-4-12-15(18-13)10(11(16)9-17-12)3-6-14-20-7-2-8-21-14/h4-5,9,14H,2-3,6-8H2,1H3. The van der Waals surface area contributed by atoms with E-state index < -0.39 is 0 Å². The monoisotopic (exact) mass is 292 g/mol. The van der Waals surface area contributed by atoms with Gasteiger partial charge in [-0.2, -0.15) is 0 Å². The number of rotatable bonds is 4. The predicted molar refractivity (Wildman–Crippen MR) is 74.7 cm³/mol. The van der Waals surface area contributed by atoms with E-state index in [4.69, 9.17) is 14.2 Å². The maximum atomic E-state index is 14.1. The number of nitrogens with zero attached hydrogens (tertiary/aromatic N) is 2. The van der Waals surface area contributed by atoms with Crippen LogP contribution in [0.15, 0.2) is 18.3 Å². The Morgan fingerprint density at radius 2 is 2.14 bits per heavy atom. The van der Waals surface area contributed by atoms with Crippen molar-refractivity contribution in [1.82, 2.24) is 9.97 Å². The Hall–Kier alpha value is -1.79. The maximum absolute atomic E-state index is 14.1. The minimum Gasteiger partial charge on any atom is -0.481 e. The van der Waals surface area contributed by atoms with Crippen LogP contribution in [-0.4, -0.2) is 36.6 Å². The van der Waals surface area contributed by atoms with E-state index in [9.17, 15) is 4.39 Å². The molecule has 0 aromatic carbocycles. The third-order valence-corrected chi connectivity index (χ3v) is 3.47. The summed E-state index contributed by atoms with van der Waals surface area (Å²) in [4.78, 5) is 8.37. The van der Waals surface area contributed by atoms with E-state index in [0.717, 1.165) is 6.42 Å². The molecule has 1 aliphatic rings. The molecular weight excluding hydrogens is 275 g/mol. The summed E-state index contributed by atoms with van der Waals surface area (Å²) in [5.41, 5.74) is 1.71. The van der Waals surface area contributed by atoms with Crippen LogP contribution in [0.1, 0.15) is 18.4 Å². The first-order valence-corrected chi connectivity index (χ1v) is 6.99. The minimum absolute atomic E-state index is 0.271. The summed E-state index contributed by atoms with van der Waals surface area (Å²) in [5.74, 6) is 0.0837. The molecule has 0 unspecified atom stereocenters. The molecule has 0 N–H and O–H groups in total. The van der Waals surface area contributed by atoms with Crippen LogP contribution in [0.2, 0.25) is 0 Å². The molecule has 3 rings (SSSR count). The van der Waals surface area contributed by atoms with E-state index in [1.807, 2.05) is 0 Å². The number of pyridine rings is 2. The lowest BCUT2D eigenvalue weighted by Gasteiger charge is -2.23. The van der Waals surface area contributed by atoms with Gasteiger partial charge in [0, 0.05) is 18.1 Å². The highest BCUT2D eigenvalue weighted by Crippen LogP contribution is 2.23. The summed E-state index contributed by atoms with van der Waals surface area (Å²) in [6.07, 6.45) is 2.94. The zero-order chi connectivity index (χ0) is 14.7. The van der Waals surface area contributed by atoms with Crippen LogP contribution in [0.4, 0.5) is 4.39 Å². The largest absolute Gasteiger partial charge is 0.481 e. The van der Waals surface area contributed by atoms with Crippen molar-refractivity contribution in [3.05, 3.63) is 29.7 Å². The van der Waals surface area contributed by atoms with Gasteiger partial charge in [0.2, 0.25) is 5.88 Å². The fraction of sp³-hybridized carbons (Fsp3) is 0.467. The number of ether oxygens (including phenoxy) is 3. The van der Waals surface area contributed by atoms with E-state index >= 15 is 0 Å². The van der Waals surface area contributed by atoms with Gasteiger partial charge in [-0.3, -0.25) is 4.98 Å². The van der Waals surface area contributed by atoms with Crippen molar-refractivity contribution in [3.63, 3.8) is 0 Å². The van der Waals surface area contributed by atoms with Gasteiger partial charge in [-0.1, -0.05) is 0 Å². The molecule has 5 nitrogen and oxygen atoms in total. The van der Waals surface area contributed by atoms with Crippen LogP contribution in [0.3, 0.4) is 0 Å². The first-order valence-electron chi connectivity index (χ1n) is 6.99. The summed E-state index contributed by atoms with van der Waals surface area (Å²) in [7, 11) is 1.53. The quantitative estimate of drug-likeness (QED) is 0.866. The summed E-state index contributed by atoms with van der Waals surface area (Å²) >= 11 is 0. The fourth-order valence-electron chi connectivity index (χ4n) is 2.39. The molecule has 0 radical (unpaired) electrons. The SMILES string of the molecule is COc1ccc2ncc(F)c(CCC3OCCCO3)c2n1. The Kier molecular flexibility index (Phi) is 4.26. The molecule has 2 aromatic rings. The summed E-state index contributed by atoms with van der Waals surface area (Å²) < 4.78 is 30.2. The highest BCUT2D eigenvalue weighted by molar-refractivity contribution is 5.78. The molecule has 0 aliphatic carbocycles.